The van der Waals surface area contributed by atoms with Crippen molar-refractivity contribution in [3.8, 4) is 6.07 Å². The van der Waals surface area contributed by atoms with Crippen molar-refractivity contribution in [1.29, 1.82) is 5.26 Å². The van der Waals surface area contributed by atoms with E-state index in [1.54, 1.807) is 12.1 Å². The molecule has 0 bridgehead atoms. The summed E-state index contributed by atoms with van der Waals surface area (Å²) < 4.78 is 0.901. The average Bonchev–Trinajstić information content (AvgIpc) is 2.12. The minimum absolute atomic E-state index is 0.516. The number of hydrogen-bond donors (Lipinski definition) is 1. The normalized spacial score (nSPS) is 9.23. The molecule has 0 aliphatic carbocycles. The summed E-state index contributed by atoms with van der Waals surface area (Å²) in [6, 6.07) is 5.65. The number of hydrogen-bond acceptors (Lipinski definition) is 2. The maximum atomic E-state index is 8.87. The molecule has 3 heteroatoms. The van der Waals surface area contributed by atoms with Gasteiger partial charge in [-0.25, -0.2) is 0 Å². The van der Waals surface area contributed by atoms with Gasteiger partial charge in [-0.3, -0.25) is 0 Å². The number of halogens is 1. The van der Waals surface area contributed by atoms with Gasteiger partial charge in [-0.15, -0.1) is 6.58 Å². The van der Waals surface area contributed by atoms with E-state index in [1.165, 1.54) is 0 Å². The lowest BCUT2D eigenvalue weighted by atomic mass is 10.0. The SMILES string of the molecule is C=CCc1c(Br)ccc(N)c1C#N. The first-order valence-corrected chi connectivity index (χ1v) is 4.57. The summed E-state index contributed by atoms with van der Waals surface area (Å²) in [6.07, 6.45) is 2.40. The Bertz CT molecular complexity index is 377. The Labute approximate surface area is 85.8 Å². The number of nitriles is 1. The number of rotatable bonds is 2. The first-order valence-electron chi connectivity index (χ1n) is 3.78. The summed E-state index contributed by atoms with van der Waals surface area (Å²) in [5.41, 5.74) is 7.61. The van der Waals surface area contributed by atoms with Crippen LogP contribution >= 0.6 is 15.9 Å². The Morgan fingerprint density at radius 1 is 1.62 bits per heavy atom. The third-order valence-electron chi connectivity index (χ3n) is 1.75. The van der Waals surface area contributed by atoms with Crippen LogP contribution < -0.4 is 5.73 Å². The first-order chi connectivity index (χ1) is 6.20. The first kappa shape index (κ1) is 9.82. The highest BCUT2D eigenvalue weighted by Crippen LogP contribution is 2.25. The Morgan fingerprint density at radius 3 is 2.85 bits per heavy atom. The molecule has 0 aromatic heterocycles. The maximum absolute atomic E-state index is 8.87. The van der Waals surface area contributed by atoms with Crippen molar-refractivity contribution in [2.24, 2.45) is 0 Å². The van der Waals surface area contributed by atoms with Crippen LogP contribution in [0.2, 0.25) is 0 Å². The summed E-state index contributed by atoms with van der Waals surface area (Å²) >= 11 is 3.37. The van der Waals surface area contributed by atoms with Crippen LogP contribution in [0.4, 0.5) is 5.69 Å². The fraction of sp³-hybridized carbons (Fsp3) is 0.100. The molecule has 2 nitrogen and oxygen atoms in total. The van der Waals surface area contributed by atoms with Crippen LogP contribution in [0.5, 0.6) is 0 Å². The molecule has 0 saturated carbocycles. The van der Waals surface area contributed by atoms with Gasteiger partial charge in [0.1, 0.15) is 6.07 Å². The zero-order chi connectivity index (χ0) is 9.84. The molecule has 2 N–H and O–H groups in total. The summed E-state index contributed by atoms with van der Waals surface area (Å²) in [6.45, 7) is 3.63. The van der Waals surface area contributed by atoms with Crippen LogP contribution in [0.15, 0.2) is 29.3 Å². The lowest BCUT2D eigenvalue weighted by molar-refractivity contribution is 1.23. The number of benzene rings is 1. The topological polar surface area (TPSA) is 49.8 Å². The van der Waals surface area contributed by atoms with Gasteiger partial charge in [0.25, 0.3) is 0 Å². The fourth-order valence-corrected chi connectivity index (χ4v) is 1.61. The molecule has 0 saturated heterocycles. The summed E-state index contributed by atoms with van der Waals surface area (Å²) in [4.78, 5) is 0. The smallest absolute Gasteiger partial charge is 0.102 e. The van der Waals surface area contributed by atoms with E-state index in [-0.39, 0.29) is 0 Å². The molecular weight excluding hydrogens is 228 g/mol. The Balaban J connectivity index is 3.36. The number of nitrogen functional groups attached to an aromatic ring is 1. The van der Waals surface area contributed by atoms with E-state index in [2.05, 4.69) is 28.6 Å². The summed E-state index contributed by atoms with van der Waals surface area (Å²) in [5, 5.41) is 8.87. The zero-order valence-electron chi connectivity index (χ0n) is 7.05. The van der Waals surface area contributed by atoms with Gasteiger partial charge in [0.15, 0.2) is 0 Å². The van der Waals surface area contributed by atoms with E-state index in [0.717, 1.165) is 10.0 Å². The standard InChI is InChI=1S/C10H9BrN2/c1-2-3-7-8(6-12)10(13)5-4-9(7)11/h2,4-5H,1,3,13H2. The van der Waals surface area contributed by atoms with Crippen molar-refractivity contribution >= 4 is 21.6 Å². The molecule has 1 aromatic rings. The largest absolute Gasteiger partial charge is 0.398 e. The molecular formula is C10H9BrN2. The van der Waals surface area contributed by atoms with Crippen LogP contribution in [-0.2, 0) is 6.42 Å². The van der Waals surface area contributed by atoms with Crippen molar-refractivity contribution in [2.75, 3.05) is 5.73 Å². The van der Waals surface area contributed by atoms with Gasteiger partial charge in [0, 0.05) is 10.2 Å². The van der Waals surface area contributed by atoms with E-state index in [1.807, 2.05) is 6.07 Å². The number of allylic oxidation sites excluding steroid dienone is 1. The Hall–Kier alpha value is -1.27. The number of nitrogens with two attached hydrogens (primary N) is 1. The van der Waals surface area contributed by atoms with Crippen LogP contribution in [-0.4, -0.2) is 0 Å². The lowest BCUT2D eigenvalue weighted by Gasteiger charge is -2.06. The van der Waals surface area contributed by atoms with Crippen LogP contribution in [0.1, 0.15) is 11.1 Å². The van der Waals surface area contributed by atoms with E-state index in [0.29, 0.717) is 17.7 Å². The van der Waals surface area contributed by atoms with E-state index in [4.69, 9.17) is 11.0 Å². The van der Waals surface area contributed by atoms with Crippen molar-refractivity contribution in [2.45, 2.75) is 6.42 Å². The maximum Gasteiger partial charge on any atom is 0.102 e. The third kappa shape index (κ3) is 1.90. The Kier molecular flexibility index (Phi) is 3.10. The van der Waals surface area contributed by atoms with Crippen molar-refractivity contribution in [1.82, 2.24) is 0 Å². The lowest BCUT2D eigenvalue weighted by Crippen LogP contribution is -1.96. The zero-order valence-corrected chi connectivity index (χ0v) is 8.63. The predicted octanol–water partition coefficient (Wildman–Crippen LogP) is 2.63. The minimum Gasteiger partial charge on any atom is -0.398 e. The molecule has 0 aliphatic heterocycles. The van der Waals surface area contributed by atoms with Crippen molar-refractivity contribution in [3.63, 3.8) is 0 Å². The molecule has 0 aliphatic rings. The van der Waals surface area contributed by atoms with Gasteiger partial charge < -0.3 is 5.73 Å². The molecule has 0 amide bonds. The van der Waals surface area contributed by atoms with Gasteiger partial charge in [-0.2, -0.15) is 5.26 Å². The highest BCUT2D eigenvalue weighted by atomic mass is 79.9. The molecule has 0 atom stereocenters. The quantitative estimate of drug-likeness (QED) is 0.634. The van der Waals surface area contributed by atoms with Crippen LogP contribution in [0.25, 0.3) is 0 Å². The molecule has 0 radical (unpaired) electrons. The second-order valence-corrected chi connectivity index (χ2v) is 3.45. The van der Waals surface area contributed by atoms with Gasteiger partial charge in [-0.05, 0) is 24.1 Å². The molecule has 0 fully saturated rings. The highest BCUT2D eigenvalue weighted by molar-refractivity contribution is 9.10. The summed E-state index contributed by atoms with van der Waals surface area (Å²) in [5.74, 6) is 0. The number of anilines is 1. The minimum atomic E-state index is 0.516. The second-order valence-electron chi connectivity index (χ2n) is 2.59. The molecule has 13 heavy (non-hydrogen) atoms. The average molecular weight is 237 g/mol. The fourth-order valence-electron chi connectivity index (χ4n) is 1.12. The third-order valence-corrected chi connectivity index (χ3v) is 2.49. The number of nitrogens with zero attached hydrogens (tertiary/aromatic N) is 1. The molecule has 0 heterocycles. The van der Waals surface area contributed by atoms with Gasteiger partial charge in [-0.1, -0.05) is 22.0 Å². The van der Waals surface area contributed by atoms with Crippen LogP contribution in [0.3, 0.4) is 0 Å². The molecule has 1 rings (SSSR count). The van der Waals surface area contributed by atoms with E-state index in [9.17, 15) is 0 Å². The molecule has 1 aromatic carbocycles. The highest BCUT2D eigenvalue weighted by Gasteiger charge is 2.07. The van der Waals surface area contributed by atoms with Gasteiger partial charge in [0.05, 0.1) is 5.56 Å². The van der Waals surface area contributed by atoms with Crippen molar-refractivity contribution in [3.05, 3.63) is 40.4 Å². The Morgan fingerprint density at radius 2 is 2.31 bits per heavy atom. The second kappa shape index (κ2) is 4.11. The van der Waals surface area contributed by atoms with Gasteiger partial charge >= 0.3 is 0 Å². The molecule has 66 valence electrons. The monoisotopic (exact) mass is 236 g/mol. The van der Waals surface area contributed by atoms with E-state index < -0.39 is 0 Å². The summed E-state index contributed by atoms with van der Waals surface area (Å²) in [7, 11) is 0. The van der Waals surface area contributed by atoms with E-state index >= 15 is 0 Å². The van der Waals surface area contributed by atoms with Crippen LogP contribution in [0, 0.1) is 11.3 Å². The predicted molar refractivity (Wildman–Crippen MR) is 57.2 cm³/mol. The van der Waals surface area contributed by atoms with Crippen molar-refractivity contribution < 1.29 is 0 Å². The van der Waals surface area contributed by atoms with Gasteiger partial charge in [0.2, 0.25) is 0 Å². The molecule has 0 spiro atoms. The molecule has 0 unspecified atom stereocenters.